The van der Waals surface area contributed by atoms with E-state index in [1.165, 1.54) is 0 Å². The van der Waals surface area contributed by atoms with Crippen molar-refractivity contribution in [2.75, 3.05) is 0 Å². The molecule has 0 amide bonds. The molecule has 0 fully saturated rings. The summed E-state index contributed by atoms with van der Waals surface area (Å²) in [5.41, 5.74) is 0. The van der Waals surface area contributed by atoms with Crippen LogP contribution in [0.4, 0.5) is 0 Å². The molecule has 4 atom stereocenters. The van der Waals surface area contributed by atoms with Crippen LogP contribution in [0.2, 0.25) is 0 Å². The molecule has 4 unspecified atom stereocenters. The predicted molar refractivity (Wildman–Crippen MR) is 69.2 cm³/mol. The van der Waals surface area contributed by atoms with E-state index >= 15 is 0 Å². The summed E-state index contributed by atoms with van der Waals surface area (Å²) in [4.78, 5) is 39.2. The summed E-state index contributed by atoms with van der Waals surface area (Å²) in [5, 5.41) is 0. The number of alkyl halides is 4. The van der Waals surface area contributed by atoms with E-state index in [1.807, 2.05) is 0 Å². The van der Waals surface area contributed by atoms with Crippen molar-refractivity contribution in [3.8, 4) is 0 Å². The predicted octanol–water partition coefficient (Wildman–Crippen LogP) is -12.8. The smallest absolute Gasteiger partial charge is 0.781 e. The second-order valence-corrected chi connectivity index (χ2v) is 7.53. The van der Waals surface area contributed by atoms with Gasteiger partial charge < -0.3 is 37.8 Å². The first-order valence-corrected chi connectivity index (χ1v) is 10.4. The average Bonchev–Trinajstić information content (AvgIpc) is 2.06. The molecule has 0 bridgehead atoms. The first kappa shape index (κ1) is 45.3. The zero-order chi connectivity index (χ0) is 18.1. The van der Waals surface area contributed by atoms with Crippen LogP contribution in [0, 0.1) is 0 Å². The standard InChI is InChI=1S/2CH4Cl2O6P2.4Na/c2*2-1(3,8-10(4)5)9-11(6)7;;;;/h2*10-11H,(H,4,5)(H,6,7);;;;/q;;4*+1/p-4. The minimum atomic E-state index is -3.69. The van der Waals surface area contributed by atoms with E-state index in [2.05, 4.69) is 18.1 Å². The molecule has 0 aromatic carbocycles. The Bertz CT molecular complexity index is 379. The van der Waals surface area contributed by atoms with Gasteiger partial charge >= 0.3 is 128 Å². The minimum Gasteiger partial charge on any atom is -0.781 e. The second kappa shape index (κ2) is 23.9. The van der Waals surface area contributed by atoms with Gasteiger partial charge in [-0.3, -0.25) is 18.1 Å². The van der Waals surface area contributed by atoms with E-state index < -0.39 is 42.4 Å². The summed E-state index contributed by atoms with van der Waals surface area (Å²) in [6.07, 6.45) is 0. The Balaban J connectivity index is -0.0000000667. The van der Waals surface area contributed by atoms with Gasteiger partial charge in [-0.1, -0.05) is 0 Å². The third-order valence-corrected chi connectivity index (χ3v) is 4.28. The molecule has 0 heterocycles. The molecule has 0 aromatic rings. The van der Waals surface area contributed by atoms with Crippen molar-refractivity contribution in [1.29, 1.82) is 0 Å². The molecule has 136 valence electrons. The van der Waals surface area contributed by atoms with E-state index in [1.54, 1.807) is 0 Å². The Labute approximate surface area is 258 Å². The van der Waals surface area contributed by atoms with Crippen molar-refractivity contribution >= 4 is 79.4 Å². The molecule has 26 heavy (non-hydrogen) atoms. The summed E-state index contributed by atoms with van der Waals surface area (Å²) in [7, 11) is -14.7. The molecule has 0 radical (unpaired) electrons. The van der Waals surface area contributed by atoms with E-state index in [-0.39, 0.29) is 118 Å². The molecule has 24 heteroatoms. The number of rotatable bonds is 8. The van der Waals surface area contributed by atoms with Gasteiger partial charge in [0.2, 0.25) is 0 Å². The zero-order valence-electron chi connectivity index (χ0n) is 13.4. The van der Waals surface area contributed by atoms with E-state index in [4.69, 9.17) is 46.4 Å². The maximum Gasteiger partial charge on any atom is 1.00 e. The Kier molecular flexibility index (Phi) is 41.6. The van der Waals surface area contributed by atoms with Gasteiger partial charge in [-0.25, -0.2) is 0 Å². The molecule has 0 aliphatic carbocycles. The van der Waals surface area contributed by atoms with Crippen molar-refractivity contribution in [3.63, 3.8) is 0 Å². The van der Waals surface area contributed by atoms with Crippen LogP contribution >= 0.6 is 79.4 Å². The Morgan fingerprint density at radius 3 is 0.692 bits per heavy atom. The van der Waals surface area contributed by atoms with Crippen LogP contribution < -0.4 is 138 Å². The quantitative estimate of drug-likeness (QED) is 0.114. The fraction of sp³-hybridized carbons (Fsp3) is 1.00. The van der Waals surface area contributed by atoms with Crippen LogP contribution in [-0.2, 0) is 36.4 Å². The minimum absolute atomic E-state index is 0. The molecular weight excluding hydrogens is 574 g/mol. The molecule has 0 saturated carbocycles. The largest absolute Gasteiger partial charge is 1.00 e. The molecule has 0 spiro atoms. The number of hydrogen-bond donors (Lipinski definition) is 0. The Morgan fingerprint density at radius 1 is 0.500 bits per heavy atom. The van der Waals surface area contributed by atoms with Gasteiger partial charge in [-0.15, -0.1) is 0 Å². The van der Waals surface area contributed by atoms with Crippen molar-refractivity contribution < 1.29 is 174 Å². The third-order valence-electron chi connectivity index (χ3n) is 0.809. The van der Waals surface area contributed by atoms with Gasteiger partial charge in [0.15, 0.2) is 0 Å². The first-order chi connectivity index (χ1) is 9.67. The molecule has 0 N–H and O–H groups in total. The van der Waals surface area contributed by atoms with Gasteiger partial charge in [0.1, 0.15) is 33.0 Å². The van der Waals surface area contributed by atoms with Crippen LogP contribution in [0.3, 0.4) is 0 Å². The second-order valence-electron chi connectivity index (χ2n) is 2.33. The van der Waals surface area contributed by atoms with E-state index in [9.17, 15) is 37.8 Å². The summed E-state index contributed by atoms with van der Waals surface area (Å²) >= 11 is 19.6. The van der Waals surface area contributed by atoms with Gasteiger partial charge in [0.05, 0.1) is 0 Å². The third kappa shape index (κ3) is 37.1. The monoisotopic (exact) mass is 576 g/mol. The van der Waals surface area contributed by atoms with Gasteiger partial charge in [-0.05, 0) is 46.4 Å². The van der Waals surface area contributed by atoms with Gasteiger partial charge in [0.25, 0.3) is 0 Å². The molecule has 0 aliphatic rings. The average molecular weight is 578 g/mol. The zero-order valence-corrected chi connectivity index (χ0v) is 28.4. The molecule has 0 saturated heterocycles. The normalized spacial score (nSPS) is 15.1. The molecule has 0 aromatic heterocycles. The summed E-state index contributed by atoms with van der Waals surface area (Å²) in [6.45, 7) is 0. The summed E-state index contributed by atoms with van der Waals surface area (Å²) < 4.78 is 48.6. The Morgan fingerprint density at radius 2 is 0.615 bits per heavy atom. The van der Waals surface area contributed by atoms with Crippen LogP contribution in [0.25, 0.3) is 0 Å². The fourth-order valence-corrected chi connectivity index (χ4v) is 3.05. The van der Waals surface area contributed by atoms with Crippen LogP contribution in [0.5, 0.6) is 0 Å². The molecule has 12 nitrogen and oxygen atoms in total. The van der Waals surface area contributed by atoms with Crippen LogP contribution in [0.15, 0.2) is 0 Å². The fourth-order valence-electron chi connectivity index (χ4n) is 0.430. The van der Waals surface area contributed by atoms with E-state index in [0.717, 1.165) is 0 Å². The van der Waals surface area contributed by atoms with Crippen molar-refractivity contribution in [1.82, 2.24) is 0 Å². The summed E-state index contributed by atoms with van der Waals surface area (Å²) in [6, 6.07) is 0. The van der Waals surface area contributed by atoms with Gasteiger partial charge in [-0.2, -0.15) is 0 Å². The molecular formula is C2H4Cl4Na4O12P4. The SMILES string of the molecule is O=[PH]([O-])OC(Cl)(Cl)O[PH](=O)[O-].O=[PH]([O-])OC(Cl)(Cl)O[PH](=O)[O-].[Na+].[Na+].[Na+].[Na+]. The first-order valence-electron chi connectivity index (χ1n) is 4.02. The Hall–Kier alpha value is 5.76. The van der Waals surface area contributed by atoms with Gasteiger partial charge in [0, 0.05) is 0 Å². The van der Waals surface area contributed by atoms with Crippen molar-refractivity contribution in [3.05, 3.63) is 0 Å². The topological polar surface area (TPSA) is 197 Å². The van der Waals surface area contributed by atoms with Crippen LogP contribution in [-0.4, -0.2) is 9.41 Å². The molecule has 0 aliphatic heterocycles. The van der Waals surface area contributed by atoms with Crippen molar-refractivity contribution in [2.45, 2.75) is 9.41 Å². The maximum absolute atomic E-state index is 9.81. The number of halogens is 4. The van der Waals surface area contributed by atoms with Crippen LogP contribution in [0.1, 0.15) is 0 Å². The number of hydrogen-bond acceptors (Lipinski definition) is 12. The van der Waals surface area contributed by atoms with Crippen molar-refractivity contribution in [2.24, 2.45) is 0 Å². The summed E-state index contributed by atoms with van der Waals surface area (Å²) in [5.74, 6) is 0. The van der Waals surface area contributed by atoms with E-state index in [0.29, 0.717) is 0 Å². The maximum atomic E-state index is 9.81. The molecule has 0 rings (SSSR count).